The smallest absolute Gasteiger partial charge is 0.123 e. The largest absolute Gasteiger partial charge is 0.490 e. The number of hydrogen-bond acceptors (Lipinski definition) is 2. The van der Waals surface area contributed by atoms with Crippen LogP contribution in [0.1, 0.15) is 24.5 Å². The van der Waals surface area contributed by atoms with Gasteiger partial charge in [0.2, 0.25) is 0 Å². The van der Waals surface area contributed by atoms with Crippen LogP contribution >= 0.6 is 0 Å². The molecule has 0 aromatic heterocycles. The van der Waals surface area contributed by atoms with Crippen LogP contribution in [0.15, 0.2) is 18.2 Å². The summed E-state index contributed by atoms with van der Waals surface area (Å²) in [6.45, 7) is 4.11. The third-order valence-corrected chi connectivity index (χ3v) is 2.60. The van der Waals surface area contributed by atoms with Gasteiger partial charge in [-0.3, -0.25) is 0 Å². The molecular weight excluding hydrogens is 174 g/mol. The Bertz CT molecular complexity index is 333. The highest BCUT2D eigenvalue weighted by Gasteiger charge is 2.23. The monoisotopic (exact) mass is 191 g/mol. The van der Waals surface area contributed by atoms with Gasteiger partial charge >= 0.3 is 0 Å². The second-order valence-electron chi connectivity index (χ2n) is 4.27. The Morgan fingerprint density at radius 3 is 3.07 bits per heavy atom. The van der Waals surface area contributed by atoms with Gasteiger partial charge in [0.25, 0.3) is 0 Å². The van der Waals surface area contributed by atoms with Crippen molar-refractivity contribution in [1.29, 1.82) is 0 Å². The van der Waals surface area contributed by atoms with Crippen LogP contribution in [0.3, 0.4) is 0 Å². The Kier molecular flexibility index (Phi) is 2.46. The molecule has 2 atom stereocenters. The maximum absolute atomic E-state index is 5.82. The van der Waals surface area contributed by atoms with Gasteiger partial charge in [-0.05, 0) is 37.5 Å². The third kappa shape index (κ3) is 1.90. The lowest BCUT2D eigenvalue weighted by Gasteiger charge is -2.12. The van der Waals surface area contributed by atoms with E-state index < -0.39 is 0 Å². The molecule has 1 aromatic carbocycles. The summed E-state index contributed by atoms with van der Waals surface area (Å²) in [7, 11) is 0. The second kappa shape index (κ2) is 3.62. The van der Waals surface area contributed by atoms with Crippen molar-refractivity contribution < 1.29 is 4.74 Å². The molecule has 0 bridgehead atoms. The lowest BCUT2D eigenvalue weighted by Crippen LogP contribution is -2.25. The van der Waals surface area contributed by atoms with Crippen molar-refractivity contribution in [1.82, 2.24) is 0 Å². The van der Waals surface area contributed by atoms with Gasteiger partial charge in [0, 0.05) is 12.5 Å². The van der Waals surface area contributed by atoms with E-state index in [2.05, 4.69) is 25.1 Å². The minimum atomic E-state index is 0.218. The average molecular weight is 191 g/mol. The maximum atomic E-state index is 5.82. The first-order valence-electron chi connectivity index (χ1n) is 5.17. The van der Waals surface area contributed by atoms with Gasteiger partial charge in [-0.1, -0.05) is 12.1 Å². The quantitative estimate of drug-likeness (QED) is 0.776. The number of rotatable bonds is 2. The van der Waals surface area contributed by atoms with Crippen LogP contribution in [0.4, 0.5) is 0 Å². The van der Waals surface area contributed by atoms with Gasteiger partial charge in [0.05, 0.1) is 0 Å². The van der Waals surface area contributed by atoms with Crippen molar-refractivity contribution >= 4 is 0 Å². The van der Waals surface area contributed by atoms with Crippen LogP contribution in [0.2, 0.25) is 0 Å². The Morgan fingerprint density at radius 1 is 1.57 bits per heavy atom. The molecule has 14 heavy (non-hydrogen) atoms. The predicted molar refractivity (Wildman–Crippen MR) is 57.6 cm³/mol. The van der Waals surface area contributed by atoms with Crippen LogP contribution in [-0.2, 0) is 6.42 Å². The zero-order chi connectivity index (χ0) is 10.1. The summed E-state index contributed by atoms with van der Waals surface area (Å²) in [6, 6.07) is 6.62. The number of fused-ring (bicyclic) bond motifs is 1. The molecule has 1 aromatic rings. The SMILES string of the molecule is Cc1ccc2c(c1)OC(CC(C)N)C2. The lowest BCUT2D eigenvalue weighted by atomic mass is 10.0. The average Bonchev–Trinajstić information content (AvgIpc) is 2.44. The van der Waals surface area contributed by atoms with Crippen molar-refractivity contribution in [3.05, 3.63) is 29.3 Å². The summed E-state index contributed by atoms with van der Waals surface area (Å²) in [5, 5.41) is 0. The number of ether oxygens (including phenoxy) is 1. The lowest BCUT2D eigenvalue weighted by molar-refractivity contribution is 0.213. The normalized spacial score (nSPS) is 21.5. The molecule has 0 saturated carbocycles. The first-order chi connectivity index (χ1) is 6.65. The number of nitrogens with two attached hydrogens (primary N) is 1. The molecular formula is C12H17NO. The molecule has 2 N–H and O–H groups in total. The molecule has 0 amide bonds. The van der Waals surface area contributed by atoms with Crippen molar-refractivity contribution in [3.8, 4) is 5.75 Å². The maximum Gasteiger partial charge on any atom is 0.123 e. The Morgan fingerprint density at radius 2 is 2.36 bits per heavy atom. The fraction of sp³-hybridized carbons (Fsp3) is 0.500. The first kappa shape index (κ1) is 9.53. The van der Waals surface area contributed by atoms with E-state index in [1.807, 2.05) is 6.92 Å². The summed E-state index contributed by atoms with van der Waals surface area (Å²) in [4.78, 5) is 0. The fourth-order valence-corrected chi connectivity index (χ4v) is 1.95. The molecule has 1 heterocycles. The van der Waals surface area contributed by atoms with Crippen LogP contribution < -0.4 is 10.5 Å². The van der Waals surface area contributed by atoms with Gasteiger partial charge in [-0.15, -0.1) is 0 Å². The minimum Gasteiger partial charge on any atom is -0.490 e. The zero-order valence-electron chi connectivity index (χ0n) is 8.79. The summed E-state index contributed by atoms with van der Waals surface area (Å²) in [6.07, 6.45) is 2.23. The predicted octanol–water partition coefficient (Wildman–Crippen LogP) is 2.04. The molecule has 0 saturated heterocycles. The minimum absolute atomic E-state index is 0.218. The van der Waals surface area contributed by atoms with E-state index >= 15 is 0 Å². The highest BCUT2D eigenvalue weighted by Crippen LogP contribution is 2.30. The van der Waals surface area contributed by atoms with Gasteiger partial charge in [-0.25, -0.2) is 0 Å². The summed E-state index contributed by atoms with van der Waals surface area (Å²) in [5.74, 6) is 1.05. The summed E-state index contributed by atoms with van der Waals surface area (Å²) in [5.41, 5.74) is 8.33. The van der Waals surface area contributed by atoms with Gasteiger partial charge in [0.15, 0.2) is 0 Å². The number of aryl methyl sites for hydroxylation is 1. The van der Waals surface area contributed by atoms with Crippen molar-refractivity contribution in [2.45, 2.75) is 38.8 Å². The topological polar surface area (TPSA) is 35.2 Å². The van der Waals surface area contributed by atoms with E-state index in [0.29, 0.717) is 0 Å². The van der Waals surface area contributed by atoms with Crippen molar-refractivity contribution in [3.63, 3.8) is 0 Å². The Balaban J connectivity index is 2.10. The van der Waals surface area contributed by atoms with Gasteiger partial charge in [-0.2, -0.15) is 0 Å². The Hall–Kier alpha value is -1.02. The molecule has 0 radical (unpaired) electrons. The standard InChI is InChI=1S/C12H17NO/c1-8-3-4-10-7-11(6-9(2)13)14-12(10)5-8/h3-5,9,11H,6-7,13H2,1-2H3. The van der Waals surface area contributed by atoms with Gasteiger partial charge < -0.3 is 10.5 Å². The first-order valence-corrected chi connectivity index (χ1v) is 5.17. The molecule has 2 heteroatoms. The van der Waals surface area contributed by atoms with E-state index in [1.54, 1.807) is 0 Å². The number of hydrogen-bond donors (Lipinski definition) is 1. The highest BCUT2D eigenvalue weighted by molar-refractivity contribution is 5.40. The van der Waals surface area contributed by atoms with Crippen LogP contribution in [0.5, 0.6) is 5.75 Å². The Labute approximate surface area is 85.1 Å². The summed E-state index contributed by atoms with van der Waals surface area (Å²) >= 11 is 0. The van der Waals surface area contributed by atoms with Crippen molar-refractivity contribution in [2.75, 3.05) is 0 Å². The fourth-order valence-electron chi connectivity index (χ4n) is 1.95. The molecule has 0 spiro atoms. The molecule has 1 aliphatic rings. The van der Waals surface area contributed by atoms with E-state index in [4.69, 9.17) is 10.5 Å². The van der Waals surface area contributed by atoms with E-state index in [0.717, 1.165) is 18.6 Å². The second-order valence-corrected chi connectivity index (χ2v) is 4.27. The highest BCUT2D eigenvalue weighted by atomic mass is 16.5. The van der Waals surface area contributed by atoms with Crippen LogP contribution in [0.25, 0.3) is 0 Å². The van der Waals surface area contributed by atoms with Crippen LogP contribution in [0, 0.1) is 6.92 Å². The van der Waals surface area contributed by atoms with E-state index in [-0.39, 0.29) is 12.1 Å². The molecule has 2 nitrogen and oxygen atoms in total. The zero-order valence-corrected chi connectivity index (χ0v) is 8.79. The molecule has 0 fully saturated rings. The van der Waals surface area contributed by atoms with Crippen LogP contribution in [-0.4, -0.2) is 12.1 Å². The molecule has 0 aliphatic carbocycles. The number of benzene rings is 1. The van der Waals surface area contributed by atoms with E-state index in [1.165, 1.54) is 11.1 Å². The summed E-state index contributed by atoms with van der Waals surface area (Å²) < 4.78 is 5.82. The molecule has 2 rings (SSSR count). The third-order valence-electron chi connectivity index (χ3n) is 2.60. The van der Waals surface area contributed by atoms with Crippen molar-refractivity contribution in [2.24, 2.45) is 5.73 Å². The molecule has 76 valence electrons. The molecule has 1 aliphatic heterocycles. The molecule has 2 unspecified atom stereocenters. The van der Waals surface area contributed by atoms with Gasteiger partial charge in [0.1, 0.15) is 11.9 Å². The van der Waals surface area contributed by atoms with E-state index in [9.17, 15) is 0 Å².